The average Bonchev–Trinajstić information content (AvgIpc) is 3.41. The molecule has 8 nitrogen and oxygen atoms in total. The Morgan fingerprint density at radius 2 is 0.324 bits per heavy atom. The lowest BCUT2D eigenvalue weighted by molar-refractivity contribution is 0.260. The predicted molar refractivity (Wildman–Crippen MR) is 314 cm³/mol. The number of rotatable bonds is 40. The van der Waals surface area contributed by atoms with Gasteiger partial charge in [0, 0.05) is 0 Å². The number of hydrogen-bond donors (Lipinski definition) is 0. The second-order valence-electron chi connectivity index (χ2n) is 20.6. The number of ether oxygens (including phenoxy) is 8. The van der Waals surface area contributed by atoms with Gasteiger partial charge < -0.3 is 37.9 Å². The molecule has 408 valence electrons. The summed E-state index contributed by atoms with van der Waals surface area (Å²) in [6.07, 6.45) is 25.6. The molecule has 0 atom stereocenters. The summed E-state index contributed by atoms with van der Waals surface area (Å²) in [5.74, 6) is 6.19. The highest BCUT2D eigenvalue weighted by atomic mass is 16.5. The molecule has 0 saturated carbocycles. The monoisotopic (exact) mass is 1020 g/mol. The van der Waals surface area contributed by atoms with E-state index in [1.54, 1.807) is 0 Å². The Labute approximate surface area is 446 Å². The molecule has 6 rings (SSSR count). The summed E-state index contributed by atoms with van der Waals surface area (Å²) in [5.41, 5.74) is 0. The minimum atomic E-state index is 0.614. The molecular formula is C66H96O8. The molecule has 0 aliphatic carbocycles. The van der Waals surface area contributed by atoms with Gasteiger partial charge in [-0.1, -0.05) is 158 Å². The fourth-order valence-electron chi connectivity index (χ4n) is 9.96. The number of fused-ring (bicyclic) bond motifs is 11. The van der Waals surface area contributed by atoms with Gasteiger partial charge in [0.05, 0.1) is 52.9 Å². The third-order valence-electron chi connectivity index (χ3n) is 14.3. The zero-order valence-electron chi connectivity index (χ0n) is 47.5. The lowest BCUT2D eigenvalue weighted by atomic mass is 9.86. The van der Waals surface area contributed by atoms with Crippen molar-refractivity contribution in [3.8, 4) is 46.0 Å². The molecule has 0 aliphatic rings. The van der Waals surface area contributed by atoms with Crippen molar-refractivity contribution >= 4 is 53.9 Å². The van der Waals surface area contributed by atoms with Crippen LogP contribution in [0.5, 0.6) is 46.0 Å². The normalized spacial score (nSPS) is 11.6. The highest BCUT2D eigenvalue weighted by Crippen LogP contribution is 2.52. The highest BCUT2D eigenvalue weighted by molar-refractivity contribution is 6.40. The zero-order valence-corrected chi connectivity index (χ0v) is 47.5. The molecule has 0 bridgehead atoms. The number of benzene rings is 6. The minimum absolute atomic E-state index is 0.614. The van der Waals surface area contributed by atoms with Crippen LogP contribution in [0.25, 0.3) is 53.9 Å². The van der Waals surface area contributed by atoms with Crippen molar-refractivity contribution in [3.63, 3.8) is 0 Å². The third kappa shape index (κ3) is 16.0. The lowest BCUT2D eigenvalue weighted by Gasteiger charge is -2.23. The van der Waals surface area contributed by atoms with Crippen LogP contribution in [-0.4, -0.2) is 52.9 Å². The molecule has 0 amide bonds. The summed E-state index contributed by atoms with van der Waals surface area (Å²) >= 11 is 0. The Morgan fingerprint density at radius 1 is 0.189 bits per heavy atom. The van der Waals surface area contributed by atoms with E-state index in [1.807, 2.05) is 0 Å². The number of hydrogen-bond acceptors (Lipinski definition) is 8. The van der Waals surface area contributed by atoms with Crippen molar-refractivity contribution in [2.75, 3.05) is 52.9 Å². The van der Waals surface area contributed by atoms with Crippen LogP contribution in [0.1, 0.15) is 209 Å². The summed E-state index contributed by atoms with van der Waals surface area (Å²) in [6, 6.07) is 18.1. The second kappa shape index (κ2) is 32.5. The minimum Gasteiger partial charge on any atom is -0.490 e. The van der Waals surface area contributed by atoms with Gasteiger partial charge >= 0.3 is 0 Å². The van der Waals surface area contributed by atoms with Crippen molar-refractivity contribution in [1.29, 1.82) is 0 Å². The maximum atomic E-state index is 6.83. The van der Waals surface area contributed by atoms with Gasteiger partial charge in [-0.25, -0.2) is 0 Å². The molecule has 0 heterocycles. The third-order valence-corrected chi connectivity index (χ3v) is 14.3. The van der Waals surface area contributed by atoms with E-state index in [0.29, 0.717) is 52.9 Å². The van der Waals surface area contributed by atoms with Gasteiger partial charge in [0.15, 0.2) is 46.0 Å². The van der Waals surface area contributed by atoms with Crippen molar-refractivity contribution in [3.05, 3.63) is 48.5 Å². The molecule has 0 fully saturated rings. The molecule has 0 aliphatic heterocycles. The summed E-state index contributed by atoms with van der Waals surface area (Å²) in [7, 11) is 0. The number of unbranched alkanes of at least 4 members (excludes halogenated alkanes) is 16. The van der Waals surface area contributed by atoms with Crippen LogP contribution in [0.2, 0.25) is 0 Å². The van der Waals surface area contributed by atoms with Gasteiger partial charge in [-0.3, -0.25) is 0 Å². The molecule has 74 heavy (non-hydrogen) atoms. The summed E-state index contributed by atoms with van der Waals surface area (Å²) in [5, 5.41) is 10.9. The Bertz CT molecular complexity index is 2250. The second-order valence-corrected chi connectivity index (χ2v) is 20.6. The van der Waals surface area contributed by atoms with Crippen LogP contribution in [0.3, 0.4) is 0 Å². The predicted octanol–water partition coefficient (Wildman–Crippen LogP) is 20.0. The SMILES string of the molecule is CCCCCOc1cc2c3cc(OCCCCC)c(OCCCCC)cc3c3c4cc(OCCCCC)c(OCCCCC)cc4c4cc(OCCCCC)c(OCCCCC)cc4c3c2cc1OCCCCC. The zero-order chi connectivity index (χ0) is 52.3. The van der Waals surface area contributed by atoms with E-state index in [9.17, 15) is 0 Å². The van der Waals surface area contributed by atoms with E-state index in [-0.39, 0.29) is 0 Å². The van der Waals surface area contributed by atoms with E-state index in [4.69, 9.17) is 37.9 Å². The van der Waals surface area contributed by atoms with Gasteiger partial charge in [0.1, 0.15) is 0 Å². The molecule has 0 unspecified atom stereocenters. The molecule has 0 radical (unpaired) electrons. The maximum Gasteiger partial charge on any atom is 0.161 e. The first kappa shape index (κ1) is 58.3. The fourth-order valence-corrected chi connectivity index (χ4v) is 9.96. The first-order chi connectivity index (χ1) is 36.5. The van der Waals surface area contributed by atoms with Crippen LogP contribution in [0.4, 0.5) is 0 Å². The Kier molecular flexibility index (Phi) is 25.6. The van der Waals surface area contributed by atoms with Gasteiger partial charge in [0.25, 0.3) is 0 Å². The Hall–Kier alpha value is -4.98. The molecule has 8 heteroatoms. The average molecular weight is 1020 g/mol. The lowest BCUT2D eigenvalue weighted by Crippen LogP contribution is -2.05. The summed E-state index contributed by atoms with van der Waals surface area (Å²) < 4.78 is 54.5. The van der Waals surface area contributed by atoms with Gasteiger partial charge in [-0.2, -0.15) is 0 Å². The maximum absolute atomic E-state index is 6.83. The van der Waals surface area contributed by atoms with Gasteiger partial charge in [0.2, 0.25) is 0 Å². The Balaban J connectivity index is 1.82. The summed E-state index contributed by atoms with van der Waals surface area (Å²) in [6.45, 7) is 22.8. The largest absolute Gasteiger partial charge is 0.490 e. The molecular weight excluding hydrogens is 921 g/mol. The van der Waals surface area contributed by atoms with Crippen LogP contribution in [-0.2, 0) is 0 Å². The molecule has 0 N–H and O–H groups in total. The van der Waals surface area contributed by atoms with Crippen LogP contribution < -0.4 is 37.9 Å². The smallest absolute Gasteiger partial charge is 0.161 e. The Morgan fingerprint density at radius 3 is 0.459 bits per heavy atom. The van der Waals surface area contributed by atoms with Crippen LogP contribution in [0, 0.1) is 0 Å². The quantitative estimate of drug-likeness (QED) is 0.0278. The van der Waals surface area contributed by atoms with E-state index in [1.165, 1.54) is 0 Å². The molecule has 0 aromatic heterocycles. The van der Waals surface area contributed by atoms with E-state index in [0.717, 1.165) is 254 Å². The van der Waals surface area contributed by atoms with E-state index >= 15 is 0 Å². The van der Waals surface area contributed by atoms with Gasteiger partial charge in [-0.05, 0) is 154 Å². The highest BCUT2D eigenvalue weighted by Gasteiger charge is 2.25. The van der Waals surface area contributed by atoms with Crippen molar-refractivity contribution in [1.82, 2.24) is 0 Å². The van der Waals surface area contributed by atoms with E-state index < -0.39 is 0 Å². The topological polar surface area (TPSA) is 73.8 Å². The van der Waals surface area contributed by atoms with Crippen LogP contribution in [0.15, 0.2) is 48.5 Å². The van der Waals surface area contributed by atoms with Crippen molar-refractivity contribution in [2.45, 2.75) is 209 Å². The summed E-state index contributed by atoms with van der Waals surface area (Å²) in [4.78, 5) is 0. The first-order valence-corrected chi connectivity index (χ1v) is 30.0. The molecule has 0 spiro atoms. The standard InChI is InChI=1S/C66H96O8/c1-9-17-25-33-67-57-41-49-50-42-58(68-34-26-18-10-2)62(72-38-30-22-14-6)46-54(50)66-56-48-64(74-40-32-24-16-8)60(70-36-28-20-12-4)44-52(56)51-43-59(69-35-27-19-11-3)63(73-39-31-23-15-7)47-55(51)65(66)53(49)45-61(57)71-37-29-21-13-5/h41-48H,9-40H2,1-8H3. The molecule has 6 aromatic carbocycles. The van der Waals surface area contributed by atoms with E-state index in [2.05, 4.69) is 104 Å². The van der Waals surface area contributed by atoms with Gasteiger partial charge in [-0.15, -0.1) is 0 Å². The van der Waals surface area contributed by atoms with Crippen molar-refractivity contribution in [2.24, 2.45) is 0 Å². The molecule has 0 saturated heterocycles. The first-order valence-electron chi connectivity index (χ1n) is 30.0. The van der Waals surface area contributed by atoms with Crippen molar-refractivity contribution < 1.29 is 37.9 Å². The fraction of sp³-hybridized carbons (Fsp3) is 0.606. The van der Waals surface area contributed by atoms with Crippen LogP contribution >= 0.6 is 0 Å². The molecule has 6 aromatic rings.